The molecule has 1 unspecified atom stereocenters. The van der Waals surface area contributed by atoms with Gasteiger partial charge in [-0.3, -0.25) is 15.1 Å². The van der Waals surface area contributed by atoms with Crippen molar-refractivity contribution in [3.05, 3.63) is 55.2 Å². The van der Waals surface area contributed by atoms with Gasteiger partial charge in [0.05, 0.1) is 25.8 Å². The van der Waals surface area contributed by atoms with Gasteiger partial charge in [0.2, 0.25) is 0 Å². The second-order valence-electron chi connectivity index (χ2n) is 4.31. The molecular weight excluding hydrogens is 406 g/mol. The molecule has 0 aliphatic rings. The molecule has 0 saturated heterocycles. The number of non-ortho nitro benzene ring substituents is 1. The van der Waals surface area contributed by atoms with E-state index < -0.39 is 4.92 Å². The van der Waals surface area contributed by atoms with E-state index >= 15 is 0 Å². The van der Waals surface area contributed by atoms with Crippen LogP contribution in [-0.2, 0) is 0 Å². The number of nitrogens with zero attached hydrogens (tertiary/aromatic N) is 2. The van der Waals surface area contributed by atoms with Crippen LogP contribution in [0.25, 0.3) is 0 Å². The van der Waals surface area contributed by atoms with E-state index in [1.165, 1.54) is 12.1 Å². The number of benzene rings is 1. The van der Waals surface area contributed by atoms with Crippen LogP contribution in [0.4, 0.5) is 5.69 Å². The van der Waals surface area contributed by atoms with E-state index in [1.807, 2.05) is 6.92 Å². The summed E-state index contributed by atoms with van der Waals surface area (Å²) >= 11 is 6.52. The van der Waals surface area contributed by atoms with Crippen molar-refractivity contribution in [2.75, 3.05) is 0 Å². The Bertz CT molecular complexity index is 652. The molecule has 1 aromatic carbocycles. The fourth-order valence-corrected chi connectivity index (χ4v) is 2.91. The minimum absolute atomic E-state index is 0.0356. The van der Waals surface area contributed by atoms with Gasteiger partial charge in [-0.1, -0.05) is 0 Å². The summed E-state index contributed by atoms with van der Waals surface area (Å²) < 4.78 is 6.63. The predicted molar refractivity (Wildman–Crippen MR) is 85.4 cm³/mol. The smallest absolute Gasteiger partial charge is 0.271 e. The van der Waals surface area contributed by atoms with Crippen LogP contribution in [0.15, 0.2) is 39.4 Å². The van der Waals surface area contributed by atoms with E-state index in [9.17, 15) is 10.1 Å². The van der Waals surface area contributed by atoms with Crippen molar-refractivity contribution in [2.24, 2.45) is 5.73 Å². The van der Waals surface area contributed by atoms with Crippen molar-refractivity contribution in [3.63, 3.8) is 0 Å². The SMILES string of the molecule is CC(N)c1ccc(Oc2c(Br)cc([N+](=O)[O-])cc2Br)cn1. The highest BCUT2D eigenvalue weighted by atomic mass is 79.9. The van der Waals surface area contributed by atoms with Gasteiger partial charge in [-0.2, -0.15) is 0 Å². The van der Waals surface area contributed by atoms with Gasteiger partial charge in [-0.25, -0.2) is 0 Å². The zero-order valence-electron chi connectivity index (χ0n) is 10.9. The average molecular weight is 417 g/mol. The Morgan fingerprint density at radius 1 is 1.33 bits per heavy atom. The van der Waals surface area contributed by atoms with E-state index in [0.717, 1.165) is 5.69 Å². The molecule has 0 saturated carbocycles. The van der Waals surface area contributed by atoms with Crippen molar-refractivity contribution in [1.82, 2.24) is 4.98 Å². The van der Waals surface area contributed by atoms with E-state index in [2.05, 4.69) is 36.8 Å². The number of aromatic nitrogens is 1. The Morgan fingerprint density at radius 2 is 1.95 bits per heavy atom. The summed E-state index contributed by atoms with van der Waals surface area (Å²) in [6, 6.07) is 6.12. The number of halogens is 2. The van der Waals surface area contributed by atoms with Crippen LogP contribution in [0, 0.1) is 10.1 Å². The molecule has 2 N–H and O–H groups in total. The topological polar surface area (TPSA) is 91.3 Å². The Labute approximate surface area is 137 Å². The minimum atomic E-state index is -0.474. The van der Waals surface area contributed by atoms with E-state index in [4.69, 9.17) is 10.5 Å². The van der Waals surface area contributed by atoms with Crippen LogP contribution in [0.5, 0.6) is 11.5 Å². The molecule has 0 bridgehead atoms. The maximum atomic E-state index is 10.8. The third-order valence-corrected chi connectivity index (χ3v) is 3.82. The maximum absolute atomic E-state index is 10.8. The number of pyridine rings is 1. The van der Waals surface area contributed by atoms with Gasteiger partial charge in [0, 0.05) is 18.2 Å². The zero-order chi connectivity index (χ0) is 15.6. The van der Waals surface area contributed by atoms with Crippen LogP contribution < -0.4 is 10.5 Å². The molecule has 110 valence electrons. The molecule has 21 heavy (non-hydrogen) atoms. The molecule has 2 rings (SSSR count). The number of hydrogen-bond acceptors (Lipinski definition) is 5. The number of ether oxygens (including phenoxy) is 1. The second-order valence-corrected chi connectivity index (χ2v) is 6.01. The number of hydrogen-bond donors (Lipinski definition) is 1. The van der Waals surface area contributed by atoms with Gasteiger partial charge in [-0.15, -0.1) is 0 Å². The van der Waals surface area contributed by atoms with Gasteiger partial charge in [0.15, 0.2) is 5.75 Å². The first-order chi connectivity index (χ1) is 9.88. The molecule has 0 amide bonds. The fraction of sp³-hybridized carbons (Fsp3) is 0.154. The van der Waals surface area contributed by atoms with Crippen LogP contribution in [0.2, 0.25) is 0 Å². The van der Waals surface area contributed by atoms with Crippen LogP contribution in [0.1, 0.15) is 18.7 Å². The Morgan fingerprint density at radius 3 is 2.38 bits per heavy atom. The Balaban J connectivity index is 2.29. The summed E-state index contributed by atoms with van der Waals surface area (Å²) in [7, 11) is 0. The lowest BCUT2D eigenvalue weighted by Gasteiger charge is -2.10. The van der Waals surface area contributed by atoms with E-state index in [-0.39, 0.29) is 11.7 Å². The molecule has 0 fully saturated rings. The summed E-state index contributed by atoms with van der Waals surface area (Å²) in [5.74, 6) is 0.950. The second kappa shape index (κ2) is 6.50. The molecule has 8 heteroatoms. The molecule has 1 atom stereocenters. The first-order valence-electron chi connectivity index (χ1n) is 5.91. The van der Waals surface area contributed by atoms with Gasteiger partial charge in [0.25, 0.3) is 5.69 Å². The summed E-state index contributed by atoms with van der Waals surface area (Å²) in [5, 5.41) is 10.8. The lowest BCUT2D eigenvalue weighted by molar-refractivity contribution is -0.385. The van der Waals surface area contributed by atoms with Crippen molar-refractivity contribution in [2.45, 2.75) is 13.0 Å². The molecular formula is C13H11Br2N3O3. The third-order valence-electron chi connectivity index (χ3n) is 2.64. The number of nitro benzene ring substituents is 1. The van der Waals surface area contributed by atoms with E-state index in [1.54, 1.807) is 18.3 Å². The molecule has 0 radical (unpaired) electrons. The van der Waals surface area contributed by atoms with Crippen LogP contribution in [0.3, 0.4) is 0 Å². The third kappa shape index (κ3) is 3.78. The van der Waals surface area contributed by atoms with Crippen LogP contribution in [-0.4, -0.2) is 9.91 Å². The quantitative estimate of drug-likeness (QED) is 0.591. The fourth-order valence-electron chi connectivity index (χ4n) is 1.59. The molecule has 0 aliphatic heterocycles. The molecule has 6 nitrogen and oxygen atoms in total. The van der Waals surface area contributed by atoms with Gasteiger partial charge in [-0.05, 0) is 50.9 Å². The summed E-state index contributed by atoms with van der Waals surface area (Å²) in [5.41, 5.74) is 6.45. The molecule has 0 spiro atoms. The molecule has 0 aliphatic carbocycles. The molecule has 2 aromatic rings. The maximum Gasteiger partial charge on any atom is 0.271 e. The highest BCUT2D eigenvalue weighted by Gasteiger charge is 2.16. The van der Waals surface area contributed by atoms with Crippen molar-refractivity contribution >= 4 is 37.5 Å². The molecule has 1 aromatic heterocycles. The van der Waals surface area contributed by atoms with Crippen molar-refractivity contribution in [1.29, 1.82) is 0 Å². The first kappa shape index (κ1) is 15.9. The average Bonchev–Trinajstić information content (AvgIpc) is 2.43. The zero-order valence-corrected chi connectivity index (χ0v) is 14.1. The highest BCUT2D eigenvalue weighted by Crippen LogP contribution is 2.39. The summed E-state index contributed by atoms with van der Waals surface area (Å²) in [6.45, 7) is 1.84. The standard InChI is InChI=1S/C13H11Br2N3O3/c1-7(16)12-3-2-9(6-17-12)21-13-10(14)4-8(18(19)20)5-11(13)15/h2-7H,16H2,1H3. The minimum Gasteiger partial charge on any atom is -0.453 e. The highest BCUT2D eigenvalue weighted by molar-refractivity contribution is 9.11. The first-order valence-corrected chi connectivity index (χ1v) is 7.50. The Kier molecular flexibility index (Phi) is 4.92. The van der Waals surface area contributed by atoms with E-state index in [0.29, 0.717) is 20.4 Å². The lowest BCUT2D eigenvalue weighted by atomic mass is 10.2. The number of rotatable bonds is 4. The predicted octanol–water partition coefficient (Wildman–Crippen LogP) is 4.33. The molecule has 1 heterocycles. The van der Waals surface area contributed by atoms with Crippen LogP contribution >= 0.6 is 31.9 Å². The number of nitrogens with two attached hydrogens (primary N) is 1. The summed E-state index contributed by atoms with van der Waals surface area (Å²) in [6.07, 6.45) is 1.55. The lowest BCUT2D eigenvalue weighted by Crippen LogP contribution is -2.06. The summed E-state index contributed by atoms with van der Waals surface area (Å²) in [4.78, 5) is 14.5. The van der Waals surface area contributed by atoms with Crippen molar-refractivity contribution in [3.8, 4) is 11.5 Å². The van der Waals surface area contributed by atoms with Gasteiger partial charge in [0.1, 0.15) is 5.75 Å². The normalized spacial score (nSPS) is 12.0. The number of nitro groups is 1. The largest absolute Gasteiger partial charge is 0.453 e. The Hall–Kier alpha value is -1.51. The van der Waals surface area contributed by atoms with Gasteiger partial charge < -0.3 is 10.5 Å². The van der Waals surface area contributed by atoms with Crippen molar-refractivity contribution < 1.29 is 9.66 Å². The monoisotopic (exact) mass is 415 g/mol. The van der Waals surface area contributed by atoms with Gasteiger partial charge >= 0.3 is 0 Å².